The number of thiophene rings is 1. The quantitative estimate of drug-likeness (QED) is 0.804. The van der Waals surface area contributed by atoms with Gasteiger partial charge in [-0.25, -0.2) is 13.9 Å². The van der Waals surface area contributed by atoms with Gasteiger partial charge in [-0.05, 0) is 35.7 Å². The number of carboxylic acids is 1. The van der Waals surface area contributed by atoms with E-state index in [4.69, 9.17) is 0 Å². The molecule has 0 radical (unpaired) electrons. The van der Waals surface area contributed by atoms with Crippen molar-refractivity contribution in [1.82, 2.24) is 15.0 Å². The van der Waals surface area contributed by atoms with Gasteiger partial charge in [0.15, 0.2) is 5.69 Å². The summed E-state index contributed by atoms with van der Waals surface area (Å²) in [6.45, 7) is 0. The molecule has 0 aliphatic carbocycles. The molecule has 1 aromatic carbocycles. The Morgan fingerprint density at radius 3 is 2.67 bits per heavy atom. The van der Waals surface area contributed by atoms with Gasteiger partial charge in [0.2, 0.25) is 0 Å². The minimum Gasteiger partial charge on any atom is -0.476 e. The third kappa shape index (κ3) is 2.68. The van der Waals surface area contributed by atoms with Crippen molar-refractivity contribution in [2.45, 2.75) is 6.42 Å². The molecule has 0 saturated carbocycles. The lowest BCUT2D eigenvalue weighted by molar-refractivity contribution is 0.0689. The molecule has 0 aliphatic heterocycles. The number of aromatic nitrogens is 3. The molecular weight excluding hydrogens is 293 g/mol. The summed E-state index contributed by atoms with van der Waals surface area (Å²) in [4.78, 5) is 12.3. The lowest BCUT2D eigenvalue weighted by Crippen LogP contribution is -2.07. The lowest BCUT2D eigenvalue weighted by atomic mass is 10.2. The summed E-state index contributed by atoms with van der Waals surface area (Å²) in [7, 11) is 0. The van der Waals surface area contributed by atoms with E-state index in [1.807, 2.05) is 17.5 Å². The molecule has 2 heterocycles. The third-order valence-electron chi connectivity index (χ3n) is 2.96. The summed E-state index contributed by atoms with van der Waals surface area (Å²) in [5.41, 5.74) is 0.951. The molecule has 1 N–H and O–H groups in total. The third-order valence-corrected chi connectivity index (χ3v) is 3.84. The molecule has 3 aromatic rings. The van der Waals surface area contributed by atoms with Crippen molar-refractivity contribution >= 4 is 17.3 Å². The number of rotatable bonds is 4. The number of benzene rings is 1. The molecule has 0 saturated heterocycles. The van der Waals surface area contributed by atoms with E-state index in [0.29, 0.717) is 17.8 Å². The second-order valence-electron chi connectivity index (χ2n) is 4.33. The topological polar surface area (TPSA) is 68.0 Å². The Morgan fingerprint density at radius 2 is 2.05 bits per heavy atom. The van der Waals surface area contributed by atoms with Crippen LogP contribution in [0.5, 0.6) is 0 Å². The number of carbonyl (C=O) groups is 1. The molecule has 0 spiro atoms. The molecule has 0 aliphatic rings. The second kappa shape index (κ2) is 5.45. The van der Waals surface area contributed by atoms with Gasteiger partial charge in [-0.15, -0.1) is 16.4 Å². The van der Waals surface area contributed by atoms with Crippen LogP contribution in [0.15, 0.2) is 41.8 Å². The van der Waals surface area contributed by atoms with E-state index in [2.05, 4.69) is 10.3 Å². The molecule has 0 fully saturated rings. The number of halogens is 1. The second-order valence-corrected chi connectivity index (χ2v) is 5.37. The van der Waals surface area contributed by atoms with Crippen LogP contribution in [0.25, 0.3) is 5.69 Å². The van der Waals surface area contributed by atoms with Gasteiger partial charge in [-0.1, -0.05) is 11.3 Å². The van der Waals surface area contributed by atoms with Crippen LogP contribution in [-0.2, 0) is 6.42 Å². The summed E-state index contributed by atoms with van der Waals surface area (Å²) in [6, 6.07) is 9.48. The van der Waals surface area contributed by atoms with Crippen LogP contribution in [0.4, 0.5) is 4.39 Å². The minimum absolute atomic E-state index is 0.0901. The fourth-order valence-electron chi connectivity index (χ4n) is 1.99. The van der Waals surface area contributed by atoms with Crippen molar-refractivity contribution in [3.63, 3.8) is 0 Å². The Labute approximate surface area is 123 Å². The number of hydrogen-bond acceptors (Lipinski definition) is 4. The molecule has 21 heavy (non-hydrogen) atoms. The molecule has 0 atom stereocenters. The first-order chi connectivity index (χ1) is 10.1. The number of aromatic carboxylic acids is 1. The molecule has 3 rings (SSSR count). The Balaban J connectivity index is 2.08. The Kier molecular flexibility index (Phi) is 3.49. The Bertz CT molecular complexity index is 766. The predicted octanol–water partition coefficient (Wildman–Crippen LogP) is 2.76. The van der Waals surface area contributed by atoms with Crippen molar-refractivity contribution in [2.75, 3.05) is 0 Å². The van der Waals surface area contributed by atoms with Gasteiger partial charge in [0.05, 0.1) is 11.4 Å². The maximum atomic E-state index is 13.0. The number of hydrogen-bond donors (Lipinski definition) is 1. The lowest BCUT2D eigenvalue weighted by Gasteiger charge is -2.06. The summed E-state index contributed by atoms with van der Waals surface area (Å²) in [6.07, 6.45) is 0.406. The average molecular weight is 303 g/mol. The molecule has 0 bridgehead atoms. The molecule has 106 valence electrons. The van der Waals surface area contributed by atoms with Gasteiger partial charge in [-0.3, -0.25) is 0 Å². The molecule has 0 unspecified atom stereocenters. The van der Waals surface area contributed by atoms with E-state index in [0.717, 1.165) is 4.88 Å². The minimum atomic E-state index is -1.13. The van der Waals surface area contributed by atoms with Crippen molar-refractivity contribution in [1.29, 1.82) is 0 Å². The van der Waals surface area contributed by atoms with E-state index in [1.54, 1.807) is 0 Å². The van der Waals surface area contributed by atoms with Gasteiger partial charge >= 0.3 is 5.97 Å². The highest BCUT2D eigenvalue weighted by atomic mass is 32.1. The van der Waals surface area contributed by atoms with E-state index in [-0.39, 0.29) is 11.5 Å². The van der Waals surface area contributed by atoms with Gasteiger partial charge in [0, 0.05) is 11.3 Å². The molecular formula is C14H10FN3O2S. The molecule has 5 nitrogen and oxygen atoms in total. The van der Waals surface area contributed by atoms with Crippen LogP contribution in [0.2, 0.25) is 0 Å². The summed E-state index contributed by atoms with van der Waals surface area (Å²) in [5, 5.41) is 18.7. The largest absolute Gasteiger partial charge is 0.476 e. The van der Waals surface area contributed by atoms with E-state index < -0.39 is 5.97 Å². The Hall–Kier alpha value is -2.54. The van der Waals surface area contributed by atoms with Gasteiger partial charge in [0.1, 0.15) is 5.82 Å². The number of nitrogens with zero attached hydrogens (tertiary/aromatic N) is 3. The maximum Gasteiger partial charge on any atom is 0.358 e. The molecule has 2 aromatic heterocycles. The molecule has 0 amide bonds. The Morgan fingerprint density at radius 1 is 1.29 bits per heavy atom. The van der Waals surface area contributed by atoms with Crippen LogP contribution in [-0.4, -0.2) is 26.1 Å². The first-order valence-corrected chi connectivity index (χ1v) is 6.99. The zero-order chi connectivity index (χ0) is 14.8. The predicted molar refractivity (Wildman–Crippen MR) is 75.4 cm³/mol. The zero-order valence-corrected chi connectivity index (χ0v) is 11.5. The summed E-state index contributed by atoms with van der Waals surface area (Å²) >= 11 is 1.53. The summed E-state index contributed by atoms with van der Waals surface area (Å²) < 4.78 is 14.4. The fraction of sp³-hybridized carbons (Fsp3) is 0.0714. The monoisotopic (exact) mass is 303 g/mol. The van der Waals surface area contributed by atoms with E-state index >= 15 is 0 Å². The van der Waals surface area contributed by atoms with Crippen LogP contribution < -0.4 is 0 Å². The van der Waals surface area contributed by atoms with Crippen LogP contribution >= 0.6 is 11.3 Å². The summed E-state index contributed by atoms with van der Waals surface area (Å²) in [5.74, 6) is -1.49. The van der Waals surface area contributed by atoms with Crippen molar-refractivity contribution in [3.05, 3.63) is 63.9 Å². The highest BCUT2D eigenvalue weighted by Gasteiger charge is 2.20. The van der Waals surface area contributed by atoms with Crippen molar-refractivity contribution < 1.29 is 14.3 Å². The standard InChI is InChI=1S/C14H10FN3O2S/c15-9-3-5-10(6-4-9)18-12(8-11-2-1-7-21-11)13(14(19)20)16-17-18/h1-7H,8H2,(H,19,20). The van der Waals surface area contributed by atoms with E-state index in [1.165, 1.54) is 40.3 Å². The highest BCUT2D eigenvalue weighted by molar-refractivity contribution is 7.09. The highest BCUT2D eigenvalue weighted by Crippen LogP contribution is 2.20. The normalized spacial score (nSPS) is 10.7. The van der Waals surface area contributed by atoms with Crippen LogP contribution in [0, 0.1) is 5.82 Å². The fourth-order valence-corrected chi connectivity index (χ4v) is 2.70. The first-order valence-electron chi connectivity index (χ1n) is 6.11. The maximum absolute atomic E-state index is 13.0. The van der Waals surface area contributed by atoms with Crippen LogP contribution in [0.3, 0.4) is 0 Å². The average Bonchev–Trinajstić information content (AvgIpc) is 3.10. The molecule has 7 heteroatoms. The SMILES string of the molecule is O=C(O)c1nnn(-c2ccc(F)cc2)c1Cc1cccs1. The smallest absolute Gasteiger partial charge is 0.358 e. The van der Waals surface area contributed by atoms with Gasteiger partial charge in [0.25, 0.3) is 0 Å². The first kappa shape index (κ1) is 13.4. The van der Waals surface area contributed by atoms with Crippen LogP contribution in [0.1, 0.15) is 21.1 Å². The zero-order valence-electron chi connectivity index (χ0n) is 10.7. The van der Waals surface area contributed by atoms with E-state index in [9.17, 15) is 14.3 Å². The van der Waals surface area contributed by atoms with Gasteiger partial charge in [-0.2, -0.15) is 0 Å². The number of carboxylic acid groups (broad SMARTS) is 1. The van der Waals surface area contributed by atoms with Gasteiger partial charge < -0.3 is 5.11 Å². The van der Waals surface area contributed by atoms with Crippen molar-refractivity contribution in [2.24, 2.45) is 0 Å². The van der Waals surface area contributed by atoms with Crippen molar-refractivity contribution in [3.8, 4) is 5.69 Å².